The van der Waals surface area contributed by atoms with E-state index >= 15 is 0 Å². The predicted molar refractivity (Wildman–Crippen MR) is 115 cm³/mol. The van der Waals surface area contributed by atoms with Gasteiger partial charge in [-0.1, -0.05) is 54.6 Å². The standard InChI is InChI=1S/C24H15F2N3S/c25-19-12-6-4-10-17(19)21-14-23(18-11-5-7-13-20(18)26)29(28-21)24-27-22(15-30-24)16-8-2-1-3-9-16/h1-15H. The maximum atomic E-state index is 14.6. The van der Waals surface area contributed by atoms with E-state index in [2.05, 4.69) is 5.10 Å². The number of hydrogen-bond acceptors (Lipinski definition) is 3. The first-order chi connectivity index (χ1) is 14.7. The van der Waals surface area contributed by atoms with Crippen LogP contribution in [0.25, 0.3) is 38.9 Å². The number of thiazole rings is 1. The highest BCUT2D eigenvalue weighted by Gasteiger charge is 2.19. The molecule has 0 atom stereocenters. The molecule has 146 valence electrons. The highest BCUT2D eigenvalue weighted by Crippen LogP contribution is 2.33. The molecule has 0 radical (unpaired) electrons. The Morgan fingerprint density at radius 3 is 2.03 bits per heavy atom. The van der Waals surface area contributed by atoms with Gasteiger partial charge in [0.15, 0.2) is 0 Å². The van der Waals surface area contributed by atoms with Crippen LogP contribution in [0.1, 0.15) is 0 Å². The summed E-state index contributed by atoms with van der Waals surface area (Å²) in [6.07, 6.45) is 0. The second-order valence-corrected chi connectivity index (χ2v) is 7.50. The van der Waals surface area contributed by atoms with Gasteiger partial charge >= 0.3 is 0 Å². The third-order valence-corrected chi connectivity index (χ3v) is 5.57. The van der Waals surface area contributed by atoms with Crippen LogP contribution < -0.4 is 0 Å². The van der Waals surface area contributed by atoms with Crippen molar-refractivity contribution in [3.63, 3.8) is 0 Å². The SMILES string of the molecule is Fc1ccccc1-c1cc(-c2ccccc2F)n(-c2nc(-c3ccccc3)cs2)n1. The second kappa shape index (κ2) is 7.65. The van der Waals surface area contributed by atoms with Gasteiger partial charge in [-0.2, -0.15) is 5.10 Å². The lowest BCUT2D eigenvalue weighted by Crippen LogP contribution is -2.00. The Bertz CT molecular complexity index is 1330. The fraction of sp³-hybridized carbons (Fsp3) is 0. The van der Waals surface area contributed by atoms with E-state index in [1.54, 1.807) is 47.1 Å². The van der Waals surface area contributed by atoms with E-state index in [-0.39, 0.29) is 11.6 Å². The molecule has 2 aromatic heterocycles. The molecule has 5 rings (SSSR count). The van der Waals surface area contributed by atoms with Gasteiger partial charge in [0.25, 0.3) is 0 Å². The van der Waals surface area contributed by atoms with E-state index < -0.39 is 0 Å². The Morgan fingerprint density at radius 2 is 1.33 bits per heavy atom. The lowest BCUT2D eigenvalue weighted by atomic mass is 10.1. The van der Waals surface area contributed by atoms with Crippen molar-refractivity contribution in [1.29, 1.82) is 0 Å². The van der Waals surface area contributed by atoms with Crippen molar-refractivity contribution in [2.24, 2.45) is 0 Å². The predicted octanol–water partition coefficient (Wildman–Crippen LogP) is 6.61. The minimum Gasteiger partial charge on any atom is -0.218 e. The molecule has 0 N–H and O–H groups in total. The Balaban J connectivity index is 1.68. The molecule has 0 unspecified atom stereocenters. The third-order valence-electron chi connectivity index (χ3n) is 4.75. The summed E-state index contributed by atoms with van der Waals surface area (Å²) in [5.74, 6) is -0.759. The molecule has 0 bridgehead atoms. The molecule has 0 aliphatic carbocycles. The van der Waals surface area contributed by atoms with Gasteiger partial charge < -0.3 is 0 Å². The van der Waals surface area contributed by atoms with Crippen LogP contribution in [-0.2, 0) is 0 Å². The van der Waals surface area contributed by atoms with Crippen LogP contribution in [0.3, 0.4) is 0 Å². The van der Waals surface area contributed by atoms with Crippen molar-refractivity contribution in [1.82, 2.24) is 14.8 Å². The van der Waals surface area contributed by atoms with Crippen LogP contribution in [-0.4, -0.2) is 14.8 Å². The Labute approximate surface area is 175 Å². The van der Waals surface area contributed by atoms with E-state index in [9.17, 15) is 8.78 Å². The van der Waals surface area contributed by atoms with Gasteiger partial charge in [-0.15, -0.1) is 11.3 Å². The van der Waals surface area contributed by atoms with Crippen LogP contribution in [0, 0.1) is 11.6 Å². The van der Waals surface area contributed by atoms with Gasteiger partial charge in [-0.3, -0.25) is 0 Å². The molecule has 6 heteroatoms. The van der Waals surface area contributed by atoms with Gasteiger partial charge in [0, 0.05) is 22.1 Å². The van der Waals surface area contributed by atoms with Crippen molar-refractivity contribution in [3.05, 3.63) is 102 Å². The van der Waals surface area contributed by atoms with Crippen LogP contribution in [0.15, 0.2) is 90.3 Å². The average Bonchev–Trinajstić information content (AvgIpc) is 3.43. The Morgan fingerprint density at radius 1 is 0.700 bits per heavy atom. The summed E-state index contributed by atoms with van der Waals surface area (Å²) < 4.78 is 30.6. The Kier molecular flexibility index (Phi) is 4.69. The molecular weight excluding hydrogens is 400 g/mol. The molecule has 0 aliphatic heterocycles. The normalized spacial score (nSPS) is 11.0. The molecule has 3 nitrogen and oxygen atoms in total. The zero-order chi connectivity index (χ0) is 20.5. The smallest absolute Gasteiger partial charge is 0.211 e. The minimum atomic E-state index is -0.383. The summed E-state index contributed by atoms with van der Waals surface area (Å²) in [4.78, 5) is 4.70. The third kappa shape index (κ3) is 3.31. The van der Waals surface area contributed by atoms with Crippen molar-refractivity contribution in [2.75, 3.05) is 0 Å². The van der Waals surface area contributed by atoms with Crippen molar-refractivity contribution in [3.8, 4) is 38.9 Å². The molecule has 0 fully saturated rings. The number of nitrogens with zero attached hydrogens (tertiary/aromatic N) is 3. The fourth-order valence-corrected chi connectivity index (χ4v) is 4.09. The van der Waals surface area contributed by atoms with Gasteiger partial charge in [-0.05, 0) is 30.3 Å². The fourth-order valence-electron chi connectivity index (χ4n) is 3.29. The van der Waals surface area contributed by atoms with E-state index in [0.29, 0.717) is 27.6 Å². The van der Waals surface area contributed by atoms with Crippen LogP contribution in [0.2, 0.25) is 0 Å². The summed E-state index contributed by atoms with van der Waals surface area (Å²) in [7, 11) is 0. The summed E-state index contributed by atoms with van der Waals surface area (Å²) in [6, 6.07) is 24.4. The van der Waals surface area contributed by atoms with E-state index in [1.165, 1.54) is 23.5 Å². The van der Waals surface area contributed by atoms with Crippen molar-refractivity contribution >= 4 is 11.3 Å². The number of halogens is 2. The first-order valence-electron chi connectivity index (χ1n) is 9.32. The molecular formula is C24H15F2N3S. The van der Waals surface area contributed by atoms with Crippen LogP contribution in [0.4, 0.5) is 8.78 Å². The minimum absolute atomic E-state index is 0.355. The highest BCUT2D eigenvalue weighted by molar-refractivity contribution is 7.12. The molecule has 0 amide bonds. The van der Waals surface area contributed by atoms with Gasteiger partial charge in [0.05, 0.1) is 17.1 Å². The lowest BCUT2D eigenvalue weighted by Gasteiger charge is -2.05. The number of rotatable bonds is 4. The molecule has 0 aliphatic rings. The van der Waals surface area contributed by atoms with E-state index in [1.807, 2.05) is 35.7 Å². The summed E-state index contributed by atoms with van der Waals surface area (Å²) >= 11 is 1.40. The van der Waals surface area contributed by atoms with E-state index in [4.69, 9.17) is 4.98 Å². The second-order valence-electron chi connectivity index (χ2n) is 6.67. The monoisotopic (exact) mass is 415 g/mol. The average molecular weight is 415 g/mol. The maximum absolute atomic E-state index is 14.6. The highest BCUT2D eigenvalue weighted by atomic mass is 32.1. The zero-order valence-electron chi connectivity index (χ0n) is 15.7. The molecule has 3 aromatic carbocycles. The van der Waals surface area contributed by atoms with Crippen molar-refractivity contribution in [2.45, 2.75) is 0 Å². The van der Waals surface area contributed by atoms with Gasteiger partial charge in [-0.25, -0.2) is 18.4 Å². The molecule has 0 saturated heterocycles. The van der Waals surface area contributed by atoms with Gasteiger partial charge in [0.2, 0.25) is 5.13 Å². The lowest BCUT2D eigenvalue weighted by molar-refractivity contribution is 0.629. The van der Waals surface area contributed by atoms with Gasteiger partial charge in [0.1, 0.15) is 11.6 Å². The first-order valence-corrected chi connectivity index (χ1v) is 10.2. The molecule has 2 heterocycles. The molecule has 0 saturated carbocycles. The summed E-state index contributed by atoms with van der Waals surface area (Å²) in [6.45, 7) is 0. The molecule has 30 heavy (non-hydrogen) atoms. The van der Waals surface area contributed by atoms with Crippen molar-refractivity contribution < 1.29 is 8.78 Å². The molecule has 5 aromatic rings. The van der Waals surface area contributed by atoms with Crippen LogP contribution >= 0.6 is 11.3 Å². The quantitative estimate of drug-likeness (QED) is 0.331. The number of aromatic nitrogens is 3. The number of benzene rings is 3. The zero-order valence-corrected chi connectivity index (χ0v) is 16.5. The first kappa shape index (κ1) is 18.4. The molecule has 0 spiro atoms. The van der Waals surface area contributed by atoms with Crippen LogP contribution in [0.5, 0.6) is 0 Å². The topological polar surface area (TPSA) is 30.7 Å². The maximum Gasteiger partial charge on any atom is 0.211 e. The Hall–Kier alpha value is -3.64. The summed E-state index contributed by atoms with van der Waals surface area (Å²) in [5, 5.41) is 7.10. The largest absolute Gasteiger partial charge is 0.218 e. The number of hydrogen-bond donors (Lipinski definition) is 0. The van der Waals surface area contributed by atoms with E-state index in [0.717, 1.165) is 11.3 Å². The summed E-state index contributed by atoms with van der Waals surface area (Å²) in [5.41, 5.74) is 3.45.